The zero-order valence-corrected chi connectivity index (χ0v) is 24.3. The zero-order valence-electron chi connectivity index (χ0n) is 23.6. The van der Waals surface area contributed by atoms with Gasteiger partial charge in [0.05, 0.1) is 35.7 Å². The fourth-order valence-electron chi connectivity index (χ4n) is 5.28. The number of methoxy groups -OCH3 is 1. The molecule has 5 rings (SSSR count). The van der Waals surface area contributed by atoms with Crippen LogP contribution in [0.3, 0.4) is 0 Å². The van der Waals surface area contributed by atoms with Gasteiger partial charge in [-0.3, -0.25) is 14.2 Å². The predicted molar refractivity (Wildman–Crippen MR) is 152 cm³/mol. The molecule has 1 aliphatic heterocycles. The molecule has 0 saturated heterocycles. The summed E-state index contributed by atoms with van der Waals surface area (Å²) in [6, 6.07) is 5.96. The number of carbonyl (C=O) groups is 2. The monoisotopic (exact) mass is 565 g/mol. The Kier molecular flexibility index (Phi) is 6.78. The topological polar surface area (TPSA) is 101 Å². The van der Waals surface area contributed by atoms with Crippen LogP contribution >= 0.6 is 11.6 Å². The van der Waals surface area contributed by atoms with Crippen molar-refractivity contribution < 1.29 is 19.1 Å². The Hall–Kier alpha value is -4.05. The molecule has 2 atom stereocenters. The number of fused-ring (bicyclic) bond motifs is 2. The Balaban J connectivity index is 1.58. The lowest BCUT2D eigenvalue weighted by atomic mass is 10.0. The third-order valence-corrected chi connectivity index (χ3v) is 7.38. The number of rotatable bonds is 4. The number of benzene rings is 1. The molecule has 0 aliphatic carbocycles. The number of nitrogens with zero attached hydrogens (tertiary/aromatic N) is 5. The first-order valence-corrected chi connectivity index (χ1v) is 13.4. The minimum absolute atomic E-state index is 0.261. The molecular formula is C29H32ClN5O5. The van der Waals surface area contributed by atoms with Crippen molar-refractivity contribution in [2.24, 2.45) is 0 Å². The van der Waals surface area contributed by atoms with Gasteiger partial charge in [0.15, 0.2) is 0 Å². The average Bonchev–Trinajstić information content (AvgIpc) is 3.46. The second-order valence-electron chi connectivity index (χ2n) is 11.1. The van der Waals surface area contributed by atoms with Gasteiger partial charge in [-0.2, -0.15) is 0 Å². The standard InChI is InChI=1S/C29H32ClN5O5/c1-16-12-32(15-31-16)22-8-9-23-27(37)35(17(2)13-33(23)26(22)36)18(3)20-14-34(28(38)40-29(4,5)6)24-11-25(39-7)21(30)10-19(20)24/h8-12,14-15,17-18H,13H2,1-7H3. The van der Waals surface area contributed by atoms with Crippen molar-refractivity contribution in [3.63, 3.8) is 0 Å². The van der Waals surface area contributed by atoms with Crippen LogP contribution in [0, 0.1) is 6.92 Å². The van der Waals surface area contributed by atoms with Crippen LogP contribution < -0.4 is 10.3 Å². The summed E-state index contributed by atoms with van der Waals surface area (Å²) in [4.78, 5) is 46.4. The summed E-state index contributed by atoms with van der Waals surface area (Å²) in [6.07, 6.45) is 4.48. The molecule has 11 heteroatoms. The Morgan fingerprint density at radius 3 is 2.52 bits per heavy atom. The number of ether oxygens (including phenoxy) is 2. The molecule has 0 bridgehead atoms. The van der Waals surface area contributed by atoms with E-state index in [0.29, 0.717) is 45.2 Å². The lowest BCUT2D eigenvalue weighted by Gasteiger charge is -2.39. The first kappa shape index (κ1) is 27.5. The van der Waals surface area contributed by atoms with E-state index in [1.165, 1.54) is 16.2 Å². The van der Waals surface area contributed by atoms with E-state index in [1.54, 1.807) is 73.2 Å². The Labute approximate surface area is 236 Å². The van der Waals surface area contributed by atoms with Crippen LogP contribution in [0.1, 0.15) is 62.4 Å². The van der Waals surface area contributed by atoms with Crippen molar-refractivity contribution in [3.8, 4) is 11.4 Å². The van der Waals surface area contributed by atoms with E-state index < -0.39 is 17.7 Å². The molecule has 4 aromatic rings. The van der Waals surface area contributed by atoms with Crippen LogP contribution in [0.4, 0.5) is 4.79 Å². The number of carbonyl (C=O) groups excluding carboxylic acids is 2. The maximum absolute atomic E-state index is 13.9. The summed E-state index contributed by atoms with van der Waals surface area (Å²) in [5, 5.41) is 1.07. The highest BCUT2D eigenvalue weighted by Crippen LogP contribution is 2.38. The van der Waals surface area contributed by atoms with Crippen LogP contribution in [-0.2, 0) is 11.3 Å². The number of pyridine rings is 1. The van der Waals surface area contributed by atoms with Gasteiger partial charge in [-0.25, -0.2) is 9.78 Å². The van der Waals surface area contributed by atoms with Gasteiger partial charge >= 0.3 is 6.09 Å². The molecular weight excluding hydrogens is 534 g/mol. The molecule has 0 radical (unpaired) electrons. The fraction of sp³-hybridized carbons (Fsp3) is 0.379. The van der Waals surface area contributed by atoms with Crippen LogP contribution in [-0.4, -0.2) is 54.3 Å². The molecule has 2 unspecified atom stereocenters. The lowest BCUT2D eigenvalue weighted by Crippen LogP contribution is -2.50. The maximum Gasteiger partial charge on any atom is 0.419 e. The van der Waals surface area contributed by atoms with Crippen LogP contribution in [0.25, 0.3) is 16.6 Å². The van der Waals surface area contributed by atoms with Gasteiger partial charge in [0, 0.05) is 42.0 Å². The predicted octanol–water partition coefficient (Wildman–Crippen LogP) is 5.35. The Bertz CT molecular complexity index is 1710. The van der Waals surface area contributed by atoms with Gasteiger partial charge in [0.1, 0.15) is 22.7 Å². The van der Waals surface area contributed by atoms with Crippen LogP contribution in [0.15, 0.2) is 47.8 Å². The first-order valence-electron chi connectivity index (χ1n) is 13.0. The van der Waals surface area contributed by atoms with Crippen LogP contribution in [0.5, 0.6) is 5.75 Å². The van der Waals surface area contributed by atoms with Gasteiger partial charge in [0.25, 0.3) is 11.5 Å². The SMILES string of the molecule is COc1cc2c(cc1Cl)c(C(C)N1C(=O)c3ccc(-n4cnc(C)c4)c(=O)n3CC1C)cn2C(=O)OC(C)(C)C. The maximum atomic E-state index is 13.9. The molecule has 10 nitrogen and oxygen atoms in total. The largest absolute Gasteiger partial charge is 0.495 e. The average molecular weight is 566 g/mol. The Morgan fingerprint density at radius 1 is 1.18 bits per heavy atom. The van der Waals surface area contributed by atoms with E-state index in [1.807, 2.05) is 20.8 Å². The number of aromatic nitrogens is 4. The highest BCUT2D eigenvalue weighted by atomic mass is 35.5. The van der Waals surface area contributed by atoms with Crippen molar-refractivity contribution in [2.75, 3.05) is 7.11 Å². The van der Waals surface area contributed by atoms with E-state index in [2.05, 4.69) is 4.98 Å². The summed E-state index contributed by atoms with van der Waals surface area (Å²) in [5.74, 6) is 0.130. The number of hydrogen-bond acceptors (Lipinski definition) is 6. The smallest absolute Gasteiger partial charge is 0.419 e. The second kappa shape index (κ2) is 9.85. The highest BCUT2D eigenvalue weighted by Gasteiger charge is 2.36. The third kappa shape index (κ3) is 4.66. The molecule has 3 aromatic heterocycles. The van der Waals surface area contributed by atoms with E-state index in [4.69, 9.17) is 21.1 Å². The van der Waals surface area contributed by atoms with Crippen molar-refractivity contribution in [3.05, 3.63) is 75.3 Å². The molecule has 0 fully saturated rings. The first-order chi connectivity index (χ1) is 18.8. The molecule has 0 N–H and O–H groups in total. The number of aryl methyl sites for hydroxylation is 1. The lowest BCUT2D eigenvalue weighted by molar-refractivity contribution is 0.0511. The number of halogens is 1. The second-order valence-corrected chi connectivity index (χ2v) is 11.5. The molecule has 40 heavy (non-hydrogen) atoms. The minimum atomic E-state index is -0.710. The van der Waals surface area contributed by atoms with E-state index in [9.17, 15) is 14.4 Å². The zero-order chi connectivity index (χ0) is 29.1. The van der Waals surface area contributed by atoms with E-state index in [-0.39, 0.29) is 17.5 Å². The van der Waals surface area contributed by atoms with Gasteiger partial charge < -0.3 is 23.5 Å². The summed E-state index contributed by atoms with van der Waals surface area (Å²) in [6.45, 7) is 11.4. The third-order valence-electron chi connectivity index (χ3n) is 7.09. The normalized spacial score (nSPS) is 16.2. The molecule has 0 spiro atoms. The van der Waals surface area contributed by atoms with Gasteiger partial charge in [-0.1, -0.05) is 11.6 Å². The van der Waals surface area contributed by atoms with Crippen molar-refractivity contribution >= 4 is 34.5 Å². The molecule has 1 aliphatic rings. The molecule has 1 amide bonds. The van der Waals surface area contributed by atoms with Gasteiger partial charge in [0.2, 0.25) is 0 Å². The summed E-state index contributed by atoms with van der Waals surface area (Å²) in [5.41, 5.74) is 1.80. The number of hydrogen-bond donors (Lipinski definition) is 0. The molecule has 210 valence electrons. The quantitative estimate of drug-likeness (QED) is 0.331. The van der Waals surface area contributed by atoms with Gasteiger partial charge in [-0.15, -0.1) is 0 Å². The van der Waals surface area contributed by atoms with Gasteiger partial charge in [-0.05, 0) is 59.7 Å². The summed E-state index contributed by atoms with van der Waals surface area (Å²) < 4.78 is 15.7. The molecule has 0 saturated carbocycles. The highest BCUT2D eigenvalue weighted by molar-refractivity contribution is 6.33. The summed E-state index contributed by atoms with van der Waals surface area (Å²) >= 11 is 6.49. The van der Waals surface area contributed by atoms with Crippen molar-refractivity contribution in [1.29, 1.82) is 0 Å². The molecule has 4 heterocycles. The van der Waals surface area contributed by atoms with E-state index >= 15 is 0 Å². The van der Waals surface area contributed by atoms with Crippen LogP contribution in [0.2, 0.25) is 5.02 Å². The summed E-state index contributed by atoms with van der Waals surface area (Å²) in [7, 11) is 1.50. The van der Waals surface area contributed by atoms with Crippen molar-refractivity contribution in [2.45, 2.75) is 65.8 Å². The number of imidazole rings is 1. The van der Waals surface area contributed by atoms with Crippen molar-refractivity contribution in [1.82, 2.24) is 23.6 Å². The molecule has 1 aromatic carbocycles. The number of amides is 1. The fourth-order valence-corrected chi connectivity index (χ4v) is 5.52. The van der Waals surface area contributed by atoms with E-state index in [0.717, 1.165) is 5.69 Å². The Morgan fingerprint density at radius 2 is 1.90 bits per heavy atom. The minimum Gasteiger partial charge on any atom is -0.495 e.